The third-order valence-electron chi connectivity index (χ3n) is 3.69. The van der Waals surface area contributed by atoms with Gasteiger partial charge >= 0.3 is 0 Å². The molecule has 134 valence electrons. The predicted octanol–water partition coefficient (Wildman–Crippen LogP) is 2.47. The molecule has 0 radical (unpaired) electrons. The van der Waals surface area contributed by atoms with Crippen LogP contribution in [0.1, 0.15) is 18.1 Å². The van der Waals surface area contributed by atoms with Gasteiger partial charge in [0.15, 0.2) is 11.5 Å². The molecule has 0 atom stereocenters. The molecule has 0 spiro atoms. The molecule has 0 unspecified atom stereocenters. The third kappa shape index (κ3) is 3.72. The lowest BCUT2D eigenvalue weighted by Gasteiger charge is -2.15. The molecule has 2 aromatic carbocycles. The molecule has 1 heterocycles. The largest absolute Gasteiger partial charge is 0.546 e. The molecule has 1 amide bonds. The monoisotopic (exact) mass is 416 g/mol. The van der Waals surface area contributed by atoms with Crippen LogP contribution in [0.15, 0.2) is 40.9 Å². The van der Waals surface area contributed by atoms with E-state index in [0.717, 1.165) is 11.3 Å². The van der Waals surface area contributed by atoms with Crippen LogP contribution < -0.4 is 19.9 Å². The summed E-state index contributed by atoms with van der Waals surface area (Å²) in [5, 5.41) is 13.5. The minimum absolute atomic E-state index is 0.183. The van der Waals surface area contributed by atoms with Crippen molar-refractivity contribution < 1.29 is 24.2 Å². The second-order valence-electron chi connectivity index (χ2n) is 5.48. The Balaban J connectivity index is 2.01. The van der Waals surface area contributed by atoms with Gasteiger partial charge in [-0.25, -0.2) is 0 Å². The predicted molar refractivity (Wildman–Crippen MR) is 98.8 cm³/mol. The average Bonchev–Trinajstić information content (AvgIpc) is 2.90. The zero-order valence-electron chi connectivity index (χ0n) is 13.9. The van der Waals surface area contributed by atoms with E-state index in [1.54, 1.807) is 18.2 Å². The van der Waals surface area contributed by atoms with Crippen LogP contribution in [0.25, 0.3) is 11.6 Å². The van der Waals surface area contributed by atoms with Crippen LogP contribution in [-0.2, 0) is 9.59 Å². The van der Waals surface area contributed by atoms with Gasteiger partial charge in [-0.15, -0.1) is 0 Å². The molecule has 0 fully saturated rings. The molecule has 1 aliphatic rings. The van der Waals surface area contributed by atoms with Crippen molar-refractivity contribution in [2.75, 3.05) is 18.5 Å². The van der Waals surface area contributed by atoms with Gasteiger partial charge < -0.3 is 24.7 Å². The zero-order chi connectivity index (χ0) is 18.7. The van der Waals surface area contributed by atoms with Gasteiger partial charge in [0.05, 0.1) is 17.0 Å². The number of carbonyl (C=O) groups is 2. The highest BCUT2D eigenvalue weighted by molar-refractivity contribution is 9.10. The van der Waals surface area contributed by atoms with Crippen molar-refractivity contribution >= 4 is 45.1 Å². The number of hydrogen-bond acceptors (Lipinski definition) is 5. The Morgan fingerprint density at radius 1 is 1.27 bits per heavy atom. The Morgan fingerprint density at radius 2 is 2.04 bits per heavy atom. The fourth-order valence-corrected chi connectivity index (χ4v) is 3.23. The molecular weight excluding hydrogens is 402 g/mol. The highest BCUT2D eigenvalue weighted by Crippen LogP contribution is 2.39. The second-order valence-corrected chi connectivity index (χ2v) is 6.34. The zero-order valence-corrected chi connectivity index (χ0v) is 15.5. The van der Waals surface area contributed by atoms with Crippen LogP contribution in [-0.4, -0.2) is 25.1 Å². The van der Waals surface area contributed by atoms with Crippen molar-refractivity contribution in [3.8, 4) is 11.5 Å². The van der Waals surface area contributed by atoms with Gasteiger partial charge in [-0.2, -0.15) is 0 Å². The van der Waals surface area contributed by atoms with Crippen LogP contribution >= 0.6 is 15.9 Å². The first-order chi connectivity index (χ1) is 12.5. The standard InChI is InChI=1S/C19H16BrNO5/c1-2-25-16-9-11(8-14(20)18(16)26-10-17(22)23)7-13-12-5-3-4-6-15(12)21-19(13)24/h3-9H,2,10H2,1H3,(H,21,24)(H,22,23)/p-1/b13-7-. The molecule has 1 aliphatic heterocycles. The van der Waals surface area contributed by atoms with Gasteiger partial charge in [0.2, 0.25) is 0 Å². The summed E-state index contributed by atoms with van der Waals surface area (Å²) in [4.78, 5) is 22.9. The molecule has 6 nitrogen and oxygen atoms in total. The molecule has 0 saturated carbocycles. The molecular formula is C19H15BrNO5-. The number of carboxylic acid groups (broad SMARTS) is 1. The van der Waals surface area contributed by atoms with E-state index >= 15 is 0 Å². The number of ether oxygens (including phenoxy) is 2. The van der Waals surface area contributed by atoms with E-state index < -0.39 is 12.6 Å². The van der Waals surface area contributed by atoms with Gasteiger partial charge in [-0.1, -0.05) is 18.2 Å². The number of nitrogens with one attached hydrogen (secondary N) is 1. The lowest BCUT2D eigenvalue weighted by molar-refractivity contribution is -0.307. The molecule has 0 aromatic heterocycles. The van der Waals surface area contributed by atoms with E-state index in [2.05, 4.69) is 21.2 Å². The van der Waals surface area contributed by atoms with E-state index in [-0.39, 0.29) is 11.7 Å². The number of carboxylic acids is 1. The average molecular weight is 417 g/mol. The van der Waals surface area contributed by atoms with Crippen molar-refractivity contribution in [1.82, 2.24) is 0 Å². The Labute approximate surface area is 158 Å². The number of hydrogen-bond donors (Lipinski definition) is 1. The van der Waals surface area contributed by atoms with Crippen molar-refractivity contribution in [3.63, 3.8) is 0 Å². The lowest BCUT2D eigenvalue weighted by Crippen LogP contribution is -2.29. The molecule has 0 aliphatic carbocycles. The van der Waals surface area contributed by atoms with Crippen LogP contribution in [0.2, 0.25) is 0 Å². The number of para-hydroxylation sites is 1. The van der Waals surface area contributed by atoms with E-state index in [1.807, 2.05) is 31.2 Å². The molecule has 1 N–H and O–H groups in total. The van der Waals surface area contributed by atoms with Gasteiger partial charge in [0.25, 0.3) is 5.91 Å². The summed E-state index contributed by atoms with van der Waals surface area (Å²) in [6, 6.07) is 10.9. The topological polar surface area (TPSA) is 87.7 Å². The number of carbonyl (C=O) groups excluding carboxylic acids is 2. The molecule has 3 rings (SSSR count). The van der Waals surface area contributed by atoms with Crippen LogP contribution in [0.5, 0.6) is 11.5 Å². The first-order valence-electron chi connectivity index (χ1n) is 7.91. The highest BCUT2D eigenvalue weighted by Gasteiger charge is 2.23. The summed E-state index contributed by atoms with van der Waals surface area (Å²) in [7, 11) is 0. The maximum absolute atomic E-state index is 12.3. The highest BCUT2D eigenvalue weighted by atomic mass is 79.9. The van der Waals surface area contributed by atoms with E-state index in [1.165, 1.54) is 0 Å². The number of anilines is 1. The van der Waals surface area contributed by atoms with Crippen LogP contribution in [0.3, 0.4) is 0 Å². The number of amides is 1. The Hall–Kier alpha value is -2.80. The Kier molecular flexibility index (Phi) is 5.27. The van der Waals surface area contributed by atoms with Gasteiger partial charge in [0, 0.05) is 16.8 Å². The summed E-state index contributed by atoms with van der Waals surface area (Å²) in [6.45, 7) is 1.59. The smallest absolute Gasteiger partial charge is 0.256 e. The first kappa shape index (κ1) is 18.0. The summed E-state index contributed by atoms with van der Waals surface area (Å²) in [6.07, 6.45) is 1.75. The summed E-state index contributed by atoms with van der Waals surface area (Å²) >= 11 is 3.37. The second kappa shape index (κ2) is 7.61. The number of halogens is 1. The van der Waals surface area contributed by atoms with Crippen molar-refractivity contribution in [1.29, 1.82) is 0 Å². The van der Waals surface area contributed by atoms with Gasteiger partial charge in [-0.05, 0) is 52.7 Å². The molecule has 0 bridgehead atoms. The third-order valence-corrected chi connectivity index (χ3v) is 4.28. The molecule has 7 heteroatoms. The minimum Gasteiger partial charge on any atom is -0.546 e. The van der Waals surface area contributed by atoms with E-state index in [9.17, 15) is 14.7 Å². The number of aliphatic carboxylic acids is 1. The van der Waals surface area contributed by atoms with E-state index in [4.69, 9.17) is 9.47 Å². The summed E-state index contributed by atoms with van der Waals surface area (Å²) in [5.41, 5.74) is 2.84. The quantitative estimate of drug-likeness (QED) is 0.730. The van der Waals surface area contributed by atoms with Gasteiger partial charge in [-0.3, -0.25) is 4.79 Å². The fourth-order valence-electron chi connectivity index (χ4n) is 2.65. The first-order valence-corrected chi connectivity index (χ1v) is 8.70. The van der Waals surface area contributed by atoms with Crippen LogP contribution in [0, 0.1) is 0 Å². The maximum atomic E-state index is 12.3. The Bertz CT molecular complexity index is 907. The minimum atomic E-state index is -1.33. The van der Waals surface area contributed by atoms with E-state index in [0.29, 0.717) is 28.0 Å². The van der Waals surface area contributed by atoms with Gasteiger partial charge in [0.1, 0.15) is 6.61 Å². The number of rotatable bonds is 6. The normalized spacial score (nSPS) is 14.1. The fraction of sp³-hybridized carbons (Fsp3) is 0.158. The molecule has 26 heavy (non-hydrogen) atoms. The summed E-state index contributed by atoms with van der Waals surface area (Å²) in [5.74, 6) is -0.863. The van der Waals surface area contributed by atoms with Crippen LogP contribution in [0.4, 0.5) is 5.69 Å². The number of benzene rings is 2. The Morgan fingerprint density at radius 3 is 2.77 bits per heavy atom. The number of fused-ring (bicyclic) bond motifs is 1. The summed E-state index contributed by atoms with van der Waals surface area (Å²) < 4.78 is 11.3. The molecule has 2 aromatic rings. The maximum Gasteiger partial charge on any atom is 0.256 e. The molecule has 0 saturated heterocycles. The SMILES string of the molecule is CCOc1cc(/C=C2\C(=O)Nc3ccccc32)cc(Br)c1OCC(=O)[O-]. The van der Waals surface area contributed by atoms with Crippen molar-refractivity contribution in [3.05, 3.63) is 52.0 Å². The van der Waals surface area contributed by atoms with Crippen molar-refractivity contribution in [2.45, 2.75) is 6.92 Å². The van der Waals surface area contributed by atoms with Crippen molar-refractivity contribution in [2.24, 2.45) is 0 Å². The lowest BCUT2D eigenvalue weighted by atomic mass is 10.0.